The van der Waals surface area contributed by atoms with Crippen LogP contribution in [0.15, 0.2) is 41.0 Å². The molecule has 0 saturated carbocycles. The van der Waals surface area contributed by atoms with Crippen molar-refractivity contribution in [3.8, 4) is 5.75 Å². The van der Waals surface area contributed by atoms with E-state index in [0.29, 0.717) is 16.5 Å². The number of benzene rings is 1. The van der Waals surface area contributed by atoms with Gasteiger partial charge in [-0.25, -0.2) is 0 Å². The van der Waals surface area contributed by atoms with Crippen LogP contribution in [0.2, 0.25) is 0 Å². The molecule has 0 aromatic heterocycles. The summed E-state index contributed by atoms with van der Waals surface area (Å²) in [7, 11) is 0. The number of halogens is 1. The molecule has 0 bridgehead atoms. The molecule has 1 aromatic rings. The van der Waals surface area contributed by atoms with Crippen molar-refractivity contribution in [2.75, 3.05) is 6.61 Å². The summed E-state index contributed by atoms with van der Waals surface area (Å²) in [4.78, 5) is 0. The van der Waals surface area contributed by atoms with Gasteiger partial charge >= 0.3 is 0 Å². The van der Waals surface area contributed by atoms with Crippen LogP contribution in [0.1, 0.15) is 12.5 Å². The first-order valence-corrected chi connectivity index (χ1v) is 4.76. The lowest BCUT2D eigenvalue weighted by atomic mass is 10.1. The number of hydrogen-bond acceptors (Lipinski definition) is 3. The van der Waals surface area contributed by atoms with Gasteiger partial charge in [-0.05, 0) is 36.8 Å². The molecule has 0 aliphatic carbocycles. The third-order valence-corrected chi connectivity index (χ3v) is 1.93. The second kappa shape index (κ2) is 5.41. The molecule has 0 amide bonds. The zero-order valence-electron chi connectivity index (χ0n) is 8.40. The van der Waals surface area contributed by atoms with Crippen molar-refractivity contribution in [3.05, 3.63) is 41.4 Å². The molecule has 0 radical (unpaired) electrons. The highest BCUT2D eigenvalue weighted by atomic mass is 35.5. The normalized spacial score (nSPS) is 11.2. The van der Waals surface area contributed by atoms with Crippen molar-refractivity contribution in [2.24, 2.45) is 5.16 Å². The Labute approximate surface area is 93.6 Å². The van der Waals surface area contributed by atoms with Crippen LogP contribution < -0.4 is 4.74 Å². The van der Waals surface area contributed by atoms with Crippen LogP contribution in [0, 0.1) is 0 Å². The number of oxime groups is 1. The Bertz CT molecular complexity index is 371. The molecule has 80 valence electrons. The zero-order valence-corrected chi connectivity index (χ0v) is 9.16. The Kier molecular flexibility index (Phi) is 4.18. The van der Waals surface area contributed by atoms with Crippen molar-refractivity contribution in [1.29, 1.82) is 0 Å². The summed E-state index contributed by atoms with van der Waals surface area (Å²) in [5, 5.41) is 12.1. The maximum Gasteiger partial charge on any atom is 0.123 e. The predicted molar refractivity (Wildman–Crippen MR) is 60.9 cm³/mol. The first-order valence-electron chi connectivity index (χ1n) is 4.38. The smallest absolute Gasteiger partial charge is 0.123 e. The summed E-state index contributed by atoms with van der Waals surface area (Å²) < 4.78 is 5.30. The topological polar surface area (TPSA) is 41.8 Å². The molecule has 1 rings (SSSR count). The number of ether oxygens (including phenoxy) is 1. The highest BCUT2D eigenvalue weighted by Gasteiger charge is 1.99. The highest BCUT2D eigenvalue weighted by Crippen LogP contribution is 2.14. The second-order valence-corrected chi connectivity index (χ2v) is 3.55. The molecule has 0 saturated heterocycles. The van der Waals surface area contributed by atoms with Crippen LogP contribution in [0.4, 0.5) is 0 Å². The maximum atomic E-state index is 8.56. The van der Waals surface area contributed by atoms with Crippen LogP contribution in [0.25, 0.3) is 0 Å². The average molecular weight is 226 g/mol. The molecule has 1 N–H and O–H groups in total. The second-order valence-electron chi connectivity index (χ2n) is 3.02. The summed E-state index contributed by atoms with van der Waals surface area (Å²) in [6, 6.07) is 7.18. The van der Waals surface area contributed by atoms with Crippen molar-refractivity contribution >= 4 is 17.3 Å². The predicted octanol–water partition coefficient (Wildman–Crippen LogP) is 3.02. The first kappa shape index (κ1) is 11.6. The Morgan fingerprint density at radius 1 is 1.47 bits per heavy atom. The molecule has 0 spiro atoms. The van der Waals surface area contributed by atoms with Gasteiger partial charge in [-0.15, -0.1) is 0 Å². The third kappa shape index (κ3) is 3.64. The molecular weight excluding hydrogens is 214 g/mol. The minimum atomic E-state index is 0.286. The fourth-order valence-electron chi connectivity index (χ4n) is 1.01. The molecule has 0 aliphatic heterocycles. The molecule has 1 aromatic carbocycles. The van der Waals surface area contributed by atoms with E-state index in [2.05, 4.69) is 11.7 Å². The van der Waals surface area contributed by atoms with E-state index >= 15 is 0 Å². The van der Waals surface area contributed by atoms with E-state index in [1.54, 1.807) is 31.2 Å². The van der Waals surface area contributed by atoms with Gasteiger partial charge in [-0.3, -0.25) is 0 Å². The van der Waals surface area contributed by atoms with Crippen LogP contribution in [0.3, 0.4) is 0 Å². The molecule has 0 heterocycles. The van der Waals surface area contributed by atoms with Gasteiger partial charge in [0, 0.05) is 5.03 Å². The minimum Gasteiger partial charge on any atom is -0.488 e. The lowest BCUT2D eigenvalue weighted by Gasteiger charge is -2.05. The largest absolute Gasteiger partial charge is 0.488 e. The maximum absolute atomic E-state index is 8.56. The van der Waals surface area contributed by atoms with E-state index in [4.69, 9.17) is 21.5 Å². The lowest BCUT2D eigenvalue weighted by molar-refractivity contribution is 0.319. The molecule has 0 atom stereocenters. The van der Waals surface area contributed by atoms with Gasteiger partial charge < -0.3 is 9.94 Å². The van der Waals surface area contributed by atoms with E-state index in [-0.39, 0.29) is 6.61 Å². The monoisotopic (exact) mass is 225 g/mol. The van der Waals surface area contributed by atoms with Crippen molar-refractivity contribution in [2.45, 2.75) is 6.92 Å². The molecule has 15 heavy (non-hydrogen) atoms. The minimum absolute atomic E-state index is 0.286. The fourth-order valence-corrected chi connectivity index (χ4v) is 1.07. The zero-order chi connectivity index (χ0) is 11.3. The van der Waals surface area contributed by atoms with E-state index in [1.165, 1.54) is 0 Å². The van der Waals surface area contributed by atoms with Gasteiger partial charge in [0.2, 0.25) is 0 Å². The Morgan fingerprint density at radius 3 is 2.53 bits per heavy atom. The van der Waals surface area contributed by atoms with Crippen molar-refractivity contribution in [1.82, 2.24) is 0 Å². The van der Waals surface area contributed by atoms with Gasteiger partial charge in [-0.1, -0.05) is 23.3 Å². The number of hydrogen-bond donors (Lipinski definition) is 1. The Morgan fingerprint density at radius 2 is 2.07 bits per heavy atom. The van der Waals surface area contributed by atoms with E-state index in [1.807, 2.05) is 0 Å². The molecule has 0 fully saturated rings. The first-order chi connectivity index (χ1) is 7.13. The van der Waals surface area contributed by atoms with Gasteiger partial charge in [0.1, 0.15) is 12.4 Å². The van der Waals surface area contributed by atoms with E-state index in [9.17, 15) is 0 Å². The number of rotatable bonds is 4. The molecular formula is C11H12ClNO2. The van der Waals surface area contributed by atoms with E-state index in [0.717, 1.165) is 5.56 Å². The van der Waals surface area contributed by atoms with Crippen LogP contribution in [-0.4, -0.2) is 17.5 Å². The van der Waals surface area contributed by atoms with Crippen LogP contribution in [-0.2, 0) is 0 Å². The fraction of sp³-hybridized carbons (Fsp3) is 0.182. The van der Waals surface area contributed by atoms with E-state index < -0.39 is 0 Å². The summed E-state index contributed by atoms with van der Waals surface area (Å²) in [6.45, 7) is 5.52. The Hall–Kier alpha value is -1.48. The molecule has 3 nitrogen and oxygen atoms in total. The standard InChI is InChI=1S/C11H12ClNO2/c1-8(12)7-15-11-5-3-10(4-6-11)9(2)13-14/h3-6,14H,1,7H2,2H3/b13-9+. The average Bonchev–Trinajstić information content (AvgIpc) is 2.26. The third-order valence-electron chi connectivity index (χ3n) is 1.82. The van der Waals surface area contributed by atoms with Crippen LogP contribution >= 0.6 is 11.6 Å². The molecule has 0 unspecified atom stereocenters. The SMILES string of the molecule is C=C(Cl)COc1ccc(/C(C)=N/O)cc1. The molecule has 0 aliphatic rings. The highest BCUT2D eigenvalue weighted by molar-refractivity contribution is 6.29. The van der Waals surface area contributed by atoms with Gasteiger partial charge in [-0.2, -0.15) is 0 Å². The van der Waals surface area contributed by atoms with Crippen molar-refractivity contribution < 1.29 is 9.94 Å². The summed E-state index contributed by atoms with van der Waals surface area (Å²) in [5.74, 6) is 0.700. The van der Waals surface area contributed by atoms with Crippen molar-refractivity contribution in [3.63, 3.8) is 0 Å². The lowest BCUT2D eigenvalue weighted by Crippen LogP contribution is -1.98. The summed E-state index contributed by atoms with van der Waals surface area (Å²) in [5.41, 5.74) is 1.40. The van der Waals surface area contributed by atoms with Gasteiger partial charge in [0.05, 0.1) is 5.71 Å². The summed E-state index contributed by atoms with van der Waals surface area (Å²) >= 11 is 5.56. The summed E-state index contributed by atoms with van der Waals surface area (Å²) in [6.07, 6.45) is 0. The van der Waals surface area contributed by atoms with Gasteiger partial charge in [0.15, 0.2) is 0 Å². The quantitative estimate of drug-likeness (QED) is 0.486. The van der Waals surface area contributed by atoms with Crippen LogP contribution in [0.5, 0.6) is 5.75 Å². The molecule has 4 heteroatoms. The number of nitrogens with zero attached hydrogens (tertiary/aromatic N) is 1. The van der Waals surface area contributed by atoms with Gasteiger partial charge in [0.25, 0.3) is 0 Å². The Balaban J connectivity index is 2.68.